The minimum atomic E-state index is -0.981. The molecule has 0 aliphatic carbocycles. The van der Waals surface area contributed by atoms with Gasteiger partial charge in [-0.05, 0) is 20.8 Å². The summed E-state index contributed by atoms with van der Waals surface area (Å²) in [6.45, 7) is 5.47. The van der Waals surface area contributed by atoms with E-state index < -0.39 is 23.7 Å². The summed E-state index contributed by atoms with van der Waals surface area (Å²) in [5.41, 5.74) is -0.567. The molecule has 1 saturated heterocycles. The Hall–Kier alpha value is -0.663. The van der Waals surface area contributed by atoms with Crippen LogP contribution in [0.25, 0.3) is 0 Å². The topological polar surface area (TPSA) is 66.6 Å². The largest absolute Gasteiger partial charge is 1.00 e. The first kappa shape index (κ1) is 13.3. The van der Waals surface area contributed by atoms with Gasteiger partial charge in [0, 0.05) is 0 Å². The molecule has 0 unspecified atom stereocenters. The van der Waals surface area contributed by atoms with Crippen molar-refractivity contribution < 1.29 is 39.7 Å². The van der Waals surface area contributed by atoms with E-state index in [4.69, 9.17) is 9.84 Å². The van der Waals surface area contributed by atoms with Gasteiger partial charge in [-0.2, -0.15) is 0 Å². The number of carboxylic acids is 1. The van der Waals surface area contributed by atoms with Crippen LogP contribution in [0.2, 0.25) is 0 Å². The quantitative estimate of drug-likeness (QED) is 0.381. The average Bonchev–Trinajstić information content (AvgIpc) is 2.58. The summed E-state index contributed by atoms with van der Waals surface area (Å²) in [6, 6.07) is -0.685. The molecule has 76 valence electrons. The molecule has 0 spiro atoms. The third-order valence-corrected chi connectivity index (χ3v) is 1.53. The Morgan fingerprint density at radius 1 is 1.50 bits per heavy atom. The van der Waals surface area contributed by atoms with Crippen molar-refractivity contribution in [2.45, 2.75) is 32.4 Å². The van der Waals surface area contributed by atoms with Gasteiger partial charge in [-0.3, -0.25) is 4.90 Å². The van der Waals surface area contributed by atoms with Gasteiger partial charge in [0.1, 0.15) is 5.60 Å². The number of hydrogen-bond donors (Lipinski definition) is 1. The number of carbonyl (C=O) groups is 2. The average molecular weight is 195 g/mol. The Morgan fingerprint density at radius 3 is 2.29 bits per heavy atom. The number of amides is 1. The first-order valence-corrected chi connectivity index (χ1v) is 4.04. The van der Waals surface area contributed by atoms with E-state index in [9.17, 15) is 9.59 Å². The third kappa shape index (κ3) is 3.60. The zero-order chi connectivity index (χ0) is 10.2. The third-order valence-electron chi connectivity index (χ3n) is 1.53. The fourth-order valence-corrected chi connectivity index (χ4v) is 0.873. The van der Waals surface area contributed by atoms with Gasteiger partial charge in [-0.25, -0.2) is 9.59 Å². The molecule has 6 heteroatoms. The number of aliphatic carboxylic acids is 1. The molecule has 1 aliphatic heterocycles. The van der Waals surface area contributed by atoms with Gasteiger partial charge in [-0.1, -0.05) is 0 Å². The molecule has 1 atom stereocenters. The molecule has 0 aromatic carbocycles. The molecule has 0 aromatic rings. The van der Waals surface area contributed by atoms with Crippen LogP contribution in [0.1, 0.15) is 22.2 Å². The Labute approximate surface area is 96.1 Å². The molecule has 1 N–H and O–H groups in total. The number of rotatable bonds is 1. The molecule has 0 bridgehead atoms. The molecule has 1 amide bonds. The van der Waals surface area contributed by atoms with Crippen molar-refractivity contribution >= 4 is 12.1 Å². The van der Waals surface area contributed by atoms with Crippen molar-refractivity contribution in [2.75, 3.05) is 6.54 Å². The Morgan fingerprint density at radius 2 is 2.00 bits per heavy atom. The second-order valence-corrected chi connectivity index (χ2v) is 3.99. The van der Waals surface area contributed by atoms with Gasteiger partial charge in [0.15, 0.2) is 6.04 Å². The summed E-state index contributed by atoms with van der Waals surface area (Å²) in [6.07, 6.45) is -0.556. The van der Waals surface area contributed by atoms with Crippen LogP contribution in [0.15, 0.2) is 0 Å². The Balaban J connectivity index is 0. The number of nitrogens with zero attached hydrogens (tertiary/aromatic N) is 1. The molecular weight excluding hydrogens is 181 g/mol. The van der Waals surface area contributed by atoms with Crippen LogP contribution in [-0.4, -0.2) is 40.3 Å². The van der Waals surface area contributed by atoms with Gasteiger partial charge in [-0.15, -0.1) is 0 Å². The van der Waals surface area contributed by atoms with Crippen LogP contribution in [0.3, 0.4) is 0 Å². The number of hydrogen-bond acceptors (Lipinski definition) is 3. The van der Waals surface area contributed by atoms with Crippen molar-refractivity contribution in [3.8, 4) is 0 Å². The van der Waals surface area contributed by atoms with E-state index in [1.807, 2.05) is 0 Å². The minimum absolute atomic E-state index is 0. The molecule has 1 fully saturated rings. The van der Waals surface area contributed by atoms with Crippen molar-refractivity contribution in [1.29, 1.82) is 0 Å². The van der Waals surface area contributed by atoms with Gasteiger partial charge in [0.25, 0.3) is 0 Å². The second-order valence-electron chi connectivity index (χ2n) is 3.99. The SMILES string of the molecule is CC(C)(C)OC(=O)N1C[C@@H]1C(=O)O.[H-].[Li+]. The monoisotopic (exact) mass is 195 g/mol. The fraction of sp³-hybridized carbons (Fsp3) is 0.750. The summed E-state index contributed by atoms with van der Waals surface area (Å²) in [4.78, 5) is 22.7. The Kier molecular flexibility index (Phi) is 4.04. The van der Waals surface area contributed by atoms with Gasteiger partial charge in [0.2, 0.25) is 0 Å². The number of ether oxygens (including phenoxy) is 1. The standard InChI is InChI=1S/C8H13NO4.Li.H/c1-8(2,3)13-7(12)9-4-5(9)6(10)11;;/h5H,4H2,1-3H3,(H,10,11);;/q;+1;-1/t5-,9?;;/m1../s1. The molecule has 0 saturated carbocycles. The molecule has 0 aromatic heterocycles. The van der Waals surface area contributed by atoms with Crippen molar-refractivity contribution in [3.05, 3.63) is 0 Å². The van der Waals surface area contributed by atoms with Crippen LogP contribution < -0.4 is 18.9 Å². The smallest absolute Gasteiger partial charge is 1.00 e. The molecule has 1 aliphatic rings. The van der Waals surface area contributed by atoms with E-state index in [-0.39, 0.29) is 26.8 Å². The number of carboxylic acid groups (broad SMARTS) is 1. The fourth-order valence-electron chi connectivity index (χ4n) is 0.873. The summed E-state index contributed by atoms with van der Waals surface area (Å²) >= 11 is 0. The zero-order valence-electron chi connectivity index (χ0n) is 9.90. The number of carbonyl (C=O) groups excluding carboxylic acids is 1. The van der Waals surface area contributed by atoms with E-state index in [0.717, 1.165) is 0 Å². The van der Waals surface area contributed by atoms with Crippen LogP contribution >= 0.6 is 0 Å². The van der Waals surface area contributed by atoms with E-state index in [2.05, 4.69) is 0 Å². The predicted molar refractivity (Wildman–Crippen MR) is 45.5 cm³/mol. The maximum atomic E-state index is 11.2. The predicted octanol–water partition coefficient (Wildman–Crippen LogP) is -2.19. The van der Waals surface area contributed by atoms with Crippen molar-refractivity contribution in [2.24, 2.45) is 0 Å². The van der Waals surface area contributed by atoms with Crippen LogP contribution in [0.5, 0.6) is 0 Å². The van der Waals surface area contributed by atoms with Crippen LogP contribution in [-0.2, 0) is 9.53 Å². The van der Waals surface area contributed by atoms with Gasteiger partial charge in [0.05, 0.1) is 6.54 Å². The first-order chi connectivity index (χ1) is 5.81. The first-order valence-electron chi connectivity index (χ1n) is 4.04. The zero-order valence-corrected chi connectivity index (χ0v) is 8.90. The van der Waals surface area contributed by atoms with Crippen LogP contribution in [0, 0.1) is 0 Å². The summed E-state index contributed by atoms with van der Waals surface area (Å²) in [5, 5.41) is 8.52. The minimum Gasteiger partial charge on any atom is -1.00 e. The second kappa shape index (κ2) is 4.24. The summed E-state index contributed by atoms with van der Waals surface area (Å²) in [7, 11) is 0. The van der Waals surface area contributed by atoms with E-state index in [0.29, 0.717) is 0 Å². The maximum Gasteiger partial charge on any atom is 1.00 e. The van der Waals surface area contributed by atoms with Gasteiger partial charge < -0.3 is 11.3 Å². The van der Waals surface area contributed by atoms with E-state index >= 15 is 0 Å². The molecular formula is C8H14LiNO4. The van der Waals surface area contributed by atoms with Gasteiger partial charge >= 0.3 is 30.9 Å². The normalized spacial score (nSPS) is 19.6. The molecule has 1 rings (SSSR count). The van der Waals surface area contributed by atoms with E-state index in [1.54, 1.807) is 20.8 Å². The van der Waals surface area contributed by atoms with E-state index in [1.165, 1.54) is 4.90 Å². The molecule has 0 radical (unpaired) electrons. The molecule has 14 heavy (non-hydrogen) atoms. The summed E-state index contributed by atoms with van der Waals surface area (Å²) in [5.74, 6) is -0.981. The van der Waals surface area contributed by atoms with Crippen molar-refractivity contribution in [1.82, 2.24) is 4.90 Å². The Bertz CT molecular complexity index is 254. The van der Waals surface area contributed by atoms with Crippen LogP contribution in [0.4, 0.5) is 4.79 Å². The molecule has 5 nitrogen and oxygen atoms in total. The molecule has 1 heterocycles. The summed E-state index contributed by atoms with van der Waals surface area (Å²) < 4.78 is 4.97. The maximum absolute atomic E-state index is 11.2. The van der Waals surface area contributed by atoms with Crippen molar-refractivity contribution in [3.63, 3.8) is 0 Å².